The third-order valence-corrected chi connectivity index (χ3v) is 4.14. The number of nitrogens with two attached hydrogens (primary N) is 1. The molecule has 1 amide bonds. The molecule has 5 heteroatoms. The van der Waals surface area contributed by atoms with Crippen molar-refractivity contribution in [2.24, 2.45) is 5.73 Å². The van der Waals surface area contributed by atoms with Crippen molar-refractivity contribution in [1.29, 1.82) is 0 Å². The normalized spacial score (nSPS) is 24.1. The van der Waals surface area contributed by atoms with Gasteiger partial charge in [-0.05, 0) is 12.8 Å². The Morgan fingerprint density at radius 1 is 1.44 bits per heavy atom. The van der Waals surface area contributed by atoms with Crippen molar-refractivity contribution >= 4 is 17.7 Å². The van der Waals surface area contributed by atoms with Crippen molar-refractivity contribution in [1.82, 2.24) is 10.2 Å². The summed E-state index contributed by atoms with van der Waals surface area (Å²) in [5.74, 6) is 2.51. The molecule has 2 aliphatic rings. The van der Waals surface area contributed by atoms with E-state index in [1.807, 2.05) is 11.8 Å². The molecule has 1 aliphatic heterocycles. The Balaban J connectivity index is 1.76. The maximum absolute atomic E-state index is 11.7. The lowest BCUT2D eigenvalue weighted by molar-refractivity contribution is -0.122. The van der Waals surface area contributed by atoms with Gasteiger partial charge in [-0.2, -0.15) is 11.8 Å². The maximum Gasteiger partial charge on any atom is 0.221 e. The monoisotopic (exact) mass is 243 g/mol. The SMILES string of the molecule is NCC(CC(=O)NC1CC1)N1CCSCC1. The first-order valence-corrected chi connectivity index (χ1v) is 7.26. The minimum absolute atomic E-state index is 0.177. The Bertz CT molecular complexity index is 239. The second kappa shape index (κ2) is 5.89. The van der Waals surface area contributed by atoms with Gasteiger partial charge in [0.25, 0.3) is 0 Å². The van der Waals surface area contributed by atoms with E-state index >= 15 is 0 Å². The largest absolute Gasteiger partial charge is 0.353 e. The van der Waals surface area contributed by atoms with Crippen LogP contribution in [-0.2, 0) is 4.79 Å². The van der Waals surface area contributed by atoms with Crippen LogP contribution in [0.25, 0.3) is 0 Å². The number of hydrogen-bond donors (Lipinski definition) is 2. The zero-order valence-electron chi connectivity index (χ0n) is 9.65. The van der Waals surface area contributed by atoms with Gasteiger partial charge in [-0.3, -0.25) is 9.69 Å². The summed E-state index contributed by atoms with van der Waals surface area (Å²) in [6.45, 7) is 2.73. The number of carbonyl (C=O) groups excluding carboxylic acids is 1. The molecular formula is C11H21N3OS. The zero-order valence-corrected chi connectivity index (χ0v) is 10.5. The fourth-order valence-corrected chi connectivity index (χ4v) is 2.96. The molecule has 1 saturated carbocycles. The number of thioether (sulfide) groups is 1. The number of nitrogens with one attached hydrogen (secondary N) is 1. The van der Waals surface area contributed by atoms with Gasteiger partial charge in [0.2, 0.25) is 5.91 Å². The minimum Gasteiger partial charge on any atom is -0.353 e. The summed E-state index contributed by atoms with van der Waals surface area (Å²) < 4.78 is 0. The predicted molar refractivity (Wildman–Crippen MR) is 67.5 cm³/mol. The van der Waals surface area contributed by atoms with Gasteiger partial charge in [-0.25, -0.2) is 0 Å². The first-order chi connectivity index (χ1) is 7.79. The van der Waals surface area contributed by atoms with Gasteiger partial charge in [0.05, 0.1) is 0 Å². The molecule has 92 valence electrons. The molecule has 2 rings (SSSR count). The lowest BCUT2D eigenvalue weighted by atomic mass is 10.1. The van der Waals surface area contributed by atoms with Crippen LogP contribution in [-0.4, -0.2) is 54.0 Å². The van der Waals surface area contributed by atoms with Crippen molar-refractivity contribution in [2.45, 2.75) is 31.3 Å². The summed E-state index contributed by atoms with van der Waals surface area (Å²) in [5, 5.41) is 3.03. The third-order valence-electron chi connectivity index (χ3n) is 3.20. The second-order valence-electron chi connectivity index (χ2n) is 4.58. The van der Waals surface area contributed by atoms with Crippen LogP contribution in [0.2, 0.25) is 0 Å². The summed E-state index contributed by atoms with van der Waals surface area (Å²) >= 11 is 1.98. The number of nitrogens with zero attached hydrogens (tertiary/aromatic N) is 1. The molecule has 0 radical (unpaired) electrons. The standard InChI is InChI=1S/C11H21N3OS/c12-8-10(14-3-5-16-6-4-14)7-11(15)13-9-1-2-9/h9-10H,1-8,12H2,(H,13,15). The van der Waals surface area contributed by atoms with Gasteiger partial charge < -0.3 is 11.1 Å². The average molecular weight is 243 g/mol. The number of amides is 1. The first kappa shape index (κ1) is 12.2. The van der Waals surface area contributed by atoms with Crippen molar-refractivity contribution in [3.05, 3.63) is 0 Å². The van der Waals surface area contributed by atoms with Gasteiger partial charge in [0.1, 0.15) is 0 Å². The minimum atomic E-state index is 0.177. The number of hydrogen-bond acceptors (Lipinski definition) is 4. The highest BCUT2D eigenvalue weighted by atomic mass is 32.2. The van der Waals surface area contributed by atoms with E-state index < -0.39 is 0 Å². The Labute approximate surface area is 101 Å². The van der Waals surface area contributed by atoms with Gasteiger partial charge in [0, 0.05) is 49.6 Å². The molecule has 4 nitrogen and oxygen atoms in total. The molecule has 1 atom stereocenters. The molecule has 0 bridgehead atoms. The van der Waals surface area contributed by atoms with Crippen LogP contribution >= 0.6 is 11.8 Å². The summed E-state index contributed by atoms with van der Waals surface area (Å²) in [6, 6.07) is 0.697. The summed E-state index contributed by atoms with van der Waals surface area (Å²) in [5.41, 5.74) is 5.77. The van der Waals surface area contributed by atoms with Gasteiger partial charge in [-0.1, -0.05) is 0 Å². The fraction of sp³-hybridized carbons (Fsp3) is 0.909. The molecule has 0 aromatic heterocycles. The van der Waals surface area contributed by atoms with E-state index in [4.69, 9.17) is 5.73 Å². The average Bonchev–Trinajstić information content (AvgIpc) is 3.11. The third kappa shape index (κ3) is 3.64. The van der Waals surface area contributed by atoms with Crippen LogP contribution < -0.4 is 11.1 Å². The van der Waals surface area contributed by atoms with Crippen LogP contribution in [0.4, 0.5) is 0 Å². The lowest BCUT2D eigenvalue weighted by Crippen LogP contribution is -2.47. The molecular weight excluding hydrogens is 222 g/mol. The zero-order chi connectivity index (χ0) is 11.4. The van der Waals surface area contributed by atoms with Gasteiger partial charge >= 0.3 is 0 Å². The number of carbonyl (C=O) groups is 1. The van der Waals surface area contributed by atoms with Crippen LogP contribution in [0.3, 0.4) is 0 Å². The highest BCUT2D eigenvalue weighted by Crippen LogP contribution is 2.19. The van der Waals surface area contributed by atoms with E-state index in [-0.39, 0.29) is 11.9 Å². The van der Waals surface area contributed by atoms with Crippen molar-refractivity contribution in [2.75, 3.05) is 31.1 Å². The van der Waals surface area contributed by atoms with Crippen molar-refractivity contribution in [3.63, 3.8) is 0 Å². The van der Waals surface area contributed by atoms with E-state index in [1.165, 1.54) is 11.5 Å². The Hall–Kier alpha value is -0.260. The molecule has 1 unspecified atom stereocenters. The molecule has 0 aromatic carbocycles. The summed E-state index contributed by atoms with van der Waals surface area (Å²) in [4.78, 5) is 14.1. The quantitative estimate of drug-likeness (QED) is 0.715. The second-order valence-corrected chi connectivity index (χ2v) is 5.81. The molecule has 1 aliphatic carbocycles. The Morgan fingerprint density at radius 3 is 2.69 bits per heavy atom. The van der Waals surface area contributed by atoms with E-state index in [2.05, 4.69) is 10.2 Å². The molecule has 0 aromatic rings. The van der Waals surface area contributed by atoms with E-state index in [9.17, 15) is 4.79 Å². The molecule has 1 saturated heterocycles. The van der Waals surface area contributed by atoms with Crippen molar-refractivity contribution < 1.29 is 4.79 Å². The van der Waals surface area contributed by atoms with E-state index in [0.29, 0.717) is 19.0 Å². The highest BCUT2D eigenvalue weighted by Gasteiger charge is 2.26. The van der Waals surface area contributed by atoms with Crippen molar-refractivity contribution in [3.8, 4) is 0 Å². The molecule has 2 fully saturated rings. The van der Waals surface area contributed by atoms with Crippen LogP contribution in [0.1, 0.15) is 19.3 Å². The van der Waals surface area contributed by atoms with E-state index in [1.54, 1.807) is 0 Å². The lowest BCUT2D eigenvalue weighted by Gasteiger charge is -2.33. The Morgan fingerprint density at radius 2 is 2.12 bits per heavy atom. The molecule has 16 heavy (non-hydrogen) atoms. The maximum atomic E-state index is 11.7. The Kier molecular flexibility index (Phi) is 4.49. The highest BCUT2D eigenvalue weighted by molar-refractivity contribution is 7.99. The van der Waals surface area contributed by atoms with Crippen LogP contribution in [0, 0.1) is 0 Å². The summed E-state index contributed by atoms with van der Waals surface area (Å²) in [6.07, 6.45) is 2.87. The molecule has 3 N–H and O–H groups in total. The fourth-order valence-electron chi connectivity index (χ4n) is 2.03. The predicted octanol–water partition coefficient (Wildman–Crippen LogP) is 0.0312. The summed E-state index contributed by atoms with van der Waals surface area (Å²) in [7, 11) is 0. The molecule has 1 heterocycles. The smallest absolute Gasteiger partial charge is 0.221 e. The van der Waals surface area contributed by atoms with Crippen LogP contribution in [0.5, 0.6) is 0 Å². The van der Waals surface area contributed by atoms with E-state index in [0.717, 1.165) is 25.9 Å². The van der Waals surface area contributed by atoms with Gasteiger partial charge in [-0.15, -0.1) is 0 Å². The number of rotatable bonds is 5. The first-order valence-electron chi connectivity index (χ1n) is 6.11. The molecule has 0 spiro atoms. The van der Waals surface area contributed by atoms with Crippen LogP contribution in [0.15, 0.2) is 0 Å². The van der Waals surface area contributed by atoms with Gasteiger partial charge in [0.15, 0.2) is 0 Å². The topological polar surface area (TPSA) is 58.4 Å².